The molecule has 2 bridgehead atoms. The van der Waals surface area contributed by atoms with Gasteiger partial charge in [-0.25, -0.2) is 0 Å². The molecular formula is C30H37N3O5. The minimum atomic E-state index is -1.15. The van der Waals surface area contributed by atoms with E-state index in [0.29, 0.717) is 18.5 Å². The van der Waals surface area contributed by atoms with Gasteiger partial charge in [0.05, 0.1) is 30.1 Å². The molecule has 3 fully saturated rings. The van der Waals surface area contributed by atoms with Crippen molar-refractivity contribution in [2.75, 3.05) is 11.9 Å². The largest absolute Gasteiger partial charge is 0.394 e. The maximum absolute atomic E-state index is 14.4. The molecule has 2 aromatic carbocycles. The molecule has 0 aromatic heterocycles. The van der Waals surface area contributed by atoms with Gasteiger partial charge in [0, 0.05) is 11.7 Å². The van der Waals surface area contributed by atoms with E-state index in [0.717, 1.165) is 18.4 Å². The van der Waals surface area contributed by atoms with Crippen LogP contribution in [-0.4, -0.2) is 57.6 Å². The number of nitrogens with one attached hydrogen (secondary N) is 2. The fourth-order valence-electron chi connectivity index (χ4n) is 7.00. The summed E-state index contributed by atoms with van der Waals surface area (Å²) in [7, 11) is 0. The Labute approximate surface area is 223 Å². The number of nitrogens with zero attached hydrogens (tertiary/aromatic N) is 1. The Bertz CT molecular complexity index is 1190. The summed E-state index contributed by atoms with van der Waals surface area (Å²) in [5, 5.41) is 16.6. The van der Waals surface area contributed by atoms with Gasteiger partial charge in [0.1, 0.15) is 11.6 Å². The number of para-hydroxylation sites is 1. The molecular weight excluding hydrogens is 482 g/mol. The average Bonchev–Trinajstić information content (AvgIpc) is 3.47. The number of fused-ring (bicyclic) bond motifs is 1. The number of anilines is 1. The summed E-state index contributed by atoms with van der Waals surface area (Å²) in [6, 6.07) is 16.6. The number of rotatable bonds is 9. The molecule has 0 radical (unpaired) electrons. The highest BCUT2D eigenvalue weighted by atomic mass is 16.5. The highest BCUT2D eigenvalue weighted by Crippen LogP contribution is 2.64. The predicted molar refractivity (Wildman–Crippen MR) is 143 cm³/mol. The summed E-state index contributed by atoms with van der Waals surface area (Å²) < 4.78 is 6.68. The third-order valence-electron chi connectivity index (χ3n) is 8.59. The average molecular weight is 520 g/mol. The molecule has 3 unspecified atom stereocenters. The number of amides is 3. The smallest absolute Gasteiger partial charge is 0.246 e. The van der Waals surface area contributed by atoms with Gasteiger partial charge in [-0.2, -0.15) is 0 Å². The summed E-state index contributed by atoms with van der Waals surface area (Å²) in [6.07, 6.45) is 2.74. The Morgan fingerprint density at radius 1 is 1.08 bits per heavy atom. The molecule has 3 aliphatic rings. The summed E-state index contributed by atoms with van der Waals surface area (Å²) in [5.41, 5.74) is -0.658. The van der Waals surface area contributed by atoms with E-state index in [-0.39, 0.29) is 30.4 Å². The summed E-state index contributed by atoms with van der Waals surface area (Å²) in [4.78, 5) is 43.6. The van der Waals surface area contributed by atoms with Crippen LogP contribution < -0.4 is 10.6 Å². The van der Waals surface area contributed by atoms with Crippen molar-refractivity contribution in [1.29, 1.82) is 0 Å². The van der Waals surface area contributed by atoms with Gasteiger partial charge in [0.2, 0.25) is 17.7 Å². The van der Waals surface area contributed by atoms with Crippen LogP contribution in [0.5, 0.6) is 0 Å². The second kappa shape index (κ2) is 10.2. The van der Waals surface area contributed by atoms with Crippen LogP contribution in [0.4, 0.5) is 5.69 Å². The van der Waals surface area contributed by atoms with Crippen LogP contribution in [0.25, 0.3) is 0 Å². The Balaban J connectivity index is 1.56. The monoisotopic (exact) mass is 519 g/mol. The standard InChI is InChI=1S/C30H37N3O5/c1-4-11-19(2)31-27(36)25-30-17-16-29(3,38-30)23(26(35)32-21-14-9-6-10-15-21)24(30)28(37)33(25)22(18-34)20-12-7-5-8-13-20/h5-10,12-15,19,22-25,34H,4,11,16-18H2,1-3H3,(H,31,36)(H,32,35)/t19?,22-,23-,24+,25?,29+,30?/m1/s1. The van der Waals surface area contributed by atoms with E-state index in [1.165, 1.54) is 4.90 Å². The third kappa shape index (κ3) is 4.20. The molecule has 38 heavy (non-hydrogen) atoms. The Kier molecular flexibility index (Phi) is 7.05. The molecule has 3 amide bonds. The minimum Gasteiger partial charge on any atom is -0.394 e. The van der Waals surface area contributed by atoms with Crippen LogP contribution in [0.15, 0.2) is 60.7 Å². The summed E-state index contributed by atoms with van der Waals surface area (Å²) in [6.45, 7) is 5.52. The fraction of sp³-hybridized carbons (Fsp3) is 0.500. The highest BCUT2D eigenvalue weighted by molar-refractivity contribution is 6.02. The van der Waals surface area contributed by atoms with Crippen molar-refractivity contribution >= 4 is 23.4 Å². The number of likely N-dealkylation sites (tertiary alicyclic amines) is 1. The predicted octanol–water partition coefficient (Wildman–Crippen LogP) is 3.43. The van der Waals surface area contributed by atoms with E-state index in [9.17, 15) is 19.5 Å². The summed E-state index contributed by atoms with van der Waals surface area (Å²) in [5.74, 6) is -2.52. The number of aliphatic hydroxyl groups is 1. The van der Waals surface area contributed by atoms with Crippen LogP contribution in [0, 0.1) is 11.8 Å². The molecule has 1 spiro atoms. The number of hydrogen-bond donors (Lipinski definition) is 3. The van der Waals surface area contributed by atoms with Gasteiger partial charge >= 0.3 is 0 Å². The first-order chi connectivity index (χ1) is 18.3. The number of hydrogen-bond acceptors (Lipinski definition) is 5. The van der Waals surface area contributed by atoms with Gasteiger partial charge in [-0.3, -0.25) is 14.4 Å². The van der Waals surface area contributed by atoms with Gasteiger partial charge < -0.3 is 25.4 Å². The molecule has 8 heteroatoms. The lowest BCUT2D eigenvalue weighted by atomic mass is 9.66. The number of benzene rings is 2. The van der Waals surface area contributed by atoms with E-state index >= 15 is 0 Å². The van der Waals surface area contributed by atoms with Crippen molar-refractivity contribution in [2.24, 2.45) is 11.8 Å². The maximum atomic E-state index is 14.4. The number of carbonyl (C=O) groups excluding carboxylic acids is 3. The van der Waals surface area contributed by atoms with Crippen molar-refractivity contribution in [2.45, 2.75) is 75.8 Å². The lowest BCUT2D eigenvalue weighted by Crippen LogP contribution is -2.57. The van der Waals surface area contributed by atoms with Gasteiger partial charge in [0.25, 0.3) is 0 Å². The van der Waals surface area contributed by atoms with E-state index < -0.39 is 35.1 Å². The molecule has 3 N–H and O–H groups in total. The normalized spacial score (nSPS) is 31.1. The molecule has 3 saturated heterocycles. The quantitative estimate of drug-likeness (QED) is 0.471. The van der Waals surface area contributed by atoms with E-state index in [1.54, 1.807) is 12.1 Å². The lowest BCUT2D eigenvalue weighted by Gasteiger charge is -2.37. The van der Waals surface area contributed by atoms with Crippen LogP contribution in [0.1, 0.15) is 58.1 Å². The zero-order valence-corrected chi connectivity index (χ0v) is 22.2. The first-order valence-electron chi connectivity index (χ1n) is 13.6. The third-order valence-corrected chi connectivity index (χ3v) is 8.59. The Morgan fingerprint density at radius 2 is 1.74 bits per heavy atom. The van der Waals surface area contributed by atoms with Crippen LogP contribution in [-0.2, 0) is 19.1 Å². The second-order valence-corrected chi connectivity index (χ2v) is 11.1. The van der Waals surface area contributed by atoms with Crippen molar-refractivity contribution in [3.63, 3.8) is 0 Å². The summed E-state index contributed by atoms with van der Waals surface area (Å²) >= 11 is 0. The minimum absolute atomic E-state index is 0.0874. The van der Waals surface area contributed by atoms with Gasteiger partial charge in [0.15, 0.2) is 0 Å². The van der Waals surface area contributed by atoms with Crippen molar-refractivity contribution < 1.29 is 24.2 Å². The van der Waals surface area contributed by atoms with E-state index in [4.69, 9.17) is 4.74 Å². The Morgan fingerprint density at radius 3 is 2.37 bits per heavy atom. The van der Waals surface area contributed by atoms with Gasteiger partial charge in [-0.1, -0.05) is 61.9 Å². The molecule has 202 valence electrons. The number of carbonyl (C=O) groups is 3. The first-order valence-corrected chi connectivity index (χ1v) is 13.6. The van der Waals surface area contributed by atoms with Crippen LogP contribution >= 0.6 is 0 Å². The van der Waals surface area contributed by atoms with Crippen LogP contribution in [0.3, 0.4) is 0 Å². The van der Waals surface area contributed by atoms with E-state index in [2.05, 4.69) is 17.6 Å². The molecule has 3 aliphatic heterocycles. The van der Waals surface area contributed by atoms with E-state index in [1.807, 2.05) is 62.4 Å². The fourth-order valence-corrected chi connectivity index (χ4v) is 7.00. The molecule has 3 heterocycles. The van der Waals surface area contributed by atoms with Gasteiger partial charge in [-0.05, 0) is 50.8 Å². The van der Waals surface area contributed by atoms with Crippen molar-refractivity contribution in [3.8, 4) is 0 Å². The topological polar surface area (TPSA) is 108 Å². The number of ether oxygens (including phenoxy) is 1. The zero-order valence-electron chi connectivity index (χ0n) is 22.2. The van der Waals surface area contributed by atoms with Crippen LogP contribution in [0.2, 0.25) is 0 Å². The molecule has 2 aromatic rings. The highest BCUT2D eigenvalue weighted by Gasteiger charge is 2.78. The van der Waals surface area contributed by atoms with Gasteiger partial charge in [-0.15, -0.1) is 0 Å². The Hall–Kier alpha value is -3.23. The lowest BCUT2D eigenvalue weighted by molar-refractivity contribution is -0.149. The molecule has 0 saturated carbocycles. The number of aliphatic hydroxyl groups excluding tert-OH is 1. The zero-order chi connectivity index (χ0) is 27.1. The van der Waals surface area contributed by atoms with Crippen molar-refractivity contribution in [1.82, 2.24) is 10.2 Å². The van der Waals surface area contributed by atoms with Crippen molar-refractivity contribution in [3.05, 3.63) is 66.2 Å². The molecule has 7 atom stereocenters. The maximum Gasteiger partial charge on any atom is 0.246 e. The second-order valence-electron chi connectivity index (χ2n) is 11.1. The molecule has 0 aliphatic carbocycles. The molecule has 5 rings (SSSR count). The SMILES string of the molecule is CCCC(C)NC(=O)C1N([C@H](CO)c2ccccc2)C(=O)[C@@H]2[C@H](C(=O)Nc3ccccc3)[C@]3(C)CCC12O3. The first kappa shape index (κ1) is 26.4. The molecule has 8 nitrogen and oxygen atoms in total.